The molecule has 1 aliphatic carbocycles. The van der Waals surface area contributed by atoms with Crippen molar-refractivity contribution in [2.75, 3.05) is 32.1 Å². The van der Waals surface area contributed by atoms with Gasteiger partial charge in [-0.2, -0.15) is 0 Å². The summed E-state index contributed by atoms with van der Waals surface area (Å²) in [6, 6.07) is 8.79. The first-order valence-electron chi connectivity index (χ1n) is 11.4. The predicted octanol–water partition coefficient (Wildman–Crippen LogP) is 5.13. The van der Waals surface area contributed by atoms with Crippen molar-refractivity contribution >= 4 is 22.9 Å². The molecule has 1 aromatic carbocycles. The first-order chi connectivity index (χ1) is 14.9. The zero-order valence-corrected chi connectivity index (χ0v) is 20.0. The third-order valence-corrected chi connectivity index (χ3v) is 8.18. The van der Waals surface area contributed by atoms with Crippen LogP contribution in [0.15, 0.2) is 24.3 Å². The van der Waals surface area contributed by atoms with Gasteiger partial charge in [0.05, 0.1) is 7.11 Å². The van der Waals surface area contributed by atoms with Gasteiger partial charge in [-0.15, -0.1) is 10.2 Å². The van der Waals surface area contributed by atoms with Crippen molar-refractivity contribution in [2.24, 2.45) is 11.3 Å². The summed E-state index contributed by atoms with van der Waals surface area (Å²) in [5, 5.41) is 12.4. The van der Waals surface area contributed by atoms with Crippen LogP contribution in [0.5, 0.6) is 0 Å². The Morgan fingerprint density at radius 2 is 1.74 bits per heavy atom. The van der Waals surface area contributed by atoms with Crippen molar-refractivity contribution < 1.29 is 9.63 Å². The summed E-state index contributed by atoms with van der Waals surface area (Å²) in [5.41, 5.74) is 2.90. The van der Waals surface area contributed by atoms with Gasteiger partial charge in [-0.25, -0.2) is 5.06 Å². The summed E-state index contributed by atoms with van der Waals surface area (Å²) in [6.45, 7) is 6.98. The molecule has 0 radical (unpaired) electrons. The number of carbonyl (C=O) groups is 1. The highest BCUT2D eigenvalue weighted by atomic mass is 32.1. The number of hydroxylamine groups is 2. The van der Waals surface area contributed by atoms with Crippen LogP contribution in [-0.2, 0) is 9.63 Å². The van der Waals surface area contributed by atoms with E-state index in [9.17, 15) is 4.79 Å². The van der Waals surface area contributed by atoms with E-state index in [1.807, 2.05) is 0 Å². The van der Waals surface area contributed by atoms with Gasteiger partial charge in [0, 0.05) is 43.2 Å². The van der Waals surface area contributed by atoms with Gasteiger partial charge in [0.2, 0.25) is 5.91 Å². The molecule has 1 amide bonds. The van der Waals surface area contributed by atoms with E-state index in [1.54, 1.807) is 18.4 Å². The zero-order valence-electron chi connectivity index (χ0n) is 19.1. The van der Waals surface area contributed by atoms with E-state index >= 15 is 0 Å². The third kappa shape index (κ3) is 5.09. The molecular weight excluding hydrogens is 408 g/mol. The Morgan fingerprint density at radius 3 is 2.35 bits per heavy atom. The number of piperidine rings is 1. The Labute approximate surface area is 189 Å². The average molecular weight is 443 g/mol. The molecule has 6 nitrogen and oxygen atoms in total. The number of anilines is 1. The molecule has 0 bridgehead atoms. The monoisotopic (exact) mass is 442 g/mol. The van der Waals surface area contributed by atoms with E-state index in [2.05, 4.69) is 53.2 Å². The van der Waals surface area contributed by atoms with Gasteiger partial charge in [-0.3, -0.25) is 9.63 Å². The van der Waals surface area contributed by atoms with Crippen LogP contribution in [-0.4, -0.2) is 48.4 Å². The van der Waals surface area contributed by atoms with Crippen molar-refractivity contribution in [2.45, 2.75) is 58.3 Å². The second-order valence-corrected chi connectivity index (χ2v) is 10.7. The summed E-state index contributed by atoms with van der Waals surface area (Å²) in [5.74, 6) is 0.539. The quantitative estimate of drug-likeness (QED) is 0.601. The second kappa shape index (κ2) is 9.25. The van der Waals surface area contributed by atoms with Gasteiger partial charge in [-0.05, 0) is 68.2 Å². The number of nitrogens with zero attached hydrogens (tertiary/aromatic N) is 4. The number of aromatic nitrogens is 2. The molecule has 168 valence electrons. The molecule has 7 heteroatoms. The smallest absolute Gasteiger partial charge is 0.248 e. The fraction of sp³-hybridized carbons (Fsp3) is 0.625. The van der Waals surface area contributed by atoms with Crippen molar-refractivity contribution in [1.82, 2.24) is 15.3 Å². The van der Waals surface area contributed by atoms with E-state index in [-0.39, 0.29) is 11.8 Å². The van der Waals surface area contributed by atoms with E-state index in [0.29, 0.717) is 11.3 Å². The fourth-order valence-electron chi connectivity index (χ4n) is 4.64. The standard InChI is InChI=1S/C24H34N4O2S/c1-24(2)13-15-28(16-14-24)20-11-9-18(10-12-20)22-26-25-21(31-22)17-5-7-19(8-6-17)23(29)27(3)30-4/h9-12,17,19H,5-8,13-16H2,1-4H3. The molecular formula is C24H34N4O2S. The average Bonchev–Trinajstić information content (AvgIpc) is 3.28. The number of rotatable bonds is 5. The minimum Gasteiger partial charge on any atom is -0.371 e. The first-order valence-corrected chi connectivity index (χ1v) is 12.2. The highest BCUT2D eigenvalue weighted by Crippen LogP contribution is 2.39. The Kier molecular flexibility index (Phi) is 6.63. The number of benzene rings is 1. The maximum absolute atomic E-state index is 12.3. The molecule has 0 atom stereocenters. The molecule has 0 spiro atoms. The highest BCUT2D eigenvalue weighted by Gasteiger charge is 2.31. The largest absolute Gasteiger partial charge is 0.371 e. The van der Waals surface area contributed by atoms with Crippen molar-refractivity contribution in [1.29, 1.82) is 0 Å². The van der Waals surface area contributed by atoms with E-state index < -0.39 is 0 Å². The van der Waals surface area contributed by atoms with Crippen LogP contribution in [0, 0.1) is 11.3 Å². The number of amides is 1. The van der Waals surface area contributed by atoms with Crippen LogP contribution in [0.4, 0.5) is 5.69 Å². The molecule has 2 fully saturated rings. The van der Waals surface area contributed by atoms with Gasteiger partial charge in [-0.1, -0.05) is 25.2 Å². The summed E-state index contributed by atoms with van der Waals surface area (Å²) >= 11 is 1.70. The highest BCUT2D eigenvalue weighted by molar-refractivity contribution is 7.14. The van der Waals surface area contributed by atoms with E-state index in [1.165, 1.54) is 30.7 Å². The normalized spacial score (nSPS) is 23.5. The molecule has 1 aromatic heterocycles. The Bertz CT molecular complexity index is 877. The van der Waals surface area contributed by atoms with Crippen molar-refractivity contribution in [3.8, 4) is 10.6 Å². The lowest BCUT2D eigenvalue weighted by Crippen LogP contribution is -2.37. The Morgan fingerprint density at radius 1 is 1.10 bits per heavy atom. The Balaban J connectivity index is 1.35. The van der Waals surface area contributed by atoms with Gasteiger partial charge in [0.25, 0.3) is 0 Å². The molecule has 31 heavy (non-hydrogen) atoms. The number of carbonyl (C=O) groups excluding carboxylic acids is 1. The number of hydrogen-bond donors (Lipinski definition) is 0. The van der Waals surface area contributed by atoms with E-state index in [0.717, 1.165) is 54.4 Å². The molecule has 0 N–H and O–H groups in total. The predicted molar refractivity (Wildman–Crippen MR) is 125 cm³/mol. The van der Waals surface area contributed by atoms with Crippen LogP contribution in [0.25, 0.3) is 10.6 Å². The molecule has 2 aromatic rings. The second-order valence-electron chi connectivity index (χ2n) is 9.71. The van der Waals surface area contributed by atoms with Crippen LogP contribution in [0.2, 0.25) is 0 Å². The minimum atomic E-state index is 0.0569. The fourth-order valence-corrected chi connectivity index (χ4v) is 5.65. The minimum absolute atomic E-state index is 0.0569. The van der Waals surface area contributed by atoms with Crippen molar-refractivity contribution in [3.05, 3.63) is 29.3 Å². The zero-order chi connectivity index (χ0) is 22.0. The van der Waals surface area contributed by atoms with Gasteiger partial charge in [0.1, 0.15) is 10.0 Å². The van der Waals surface area contributed by atoms with Crippen LogP contribution in [0.3, 0.4) is 0 Å². The molecule has 2 aliphatic rings. The van der Waals surface area contributed by atoms with Crippen LogP contribution in [0.1, 0.15) is 63.3 Å². The maximum atomic E-state index is 12.3. The van der Waals surface area contributed by atoms with Gasteiger partial charge < -0.3 is 4.90 Å². The first kappa shape index (κ1) is 22.2. The molecule has 1 saturated carbocycles. The summed E-state index contributed by atoms with van der Waals surface area (Å²) in [4.78, 5) is 19.8. The van der Waals surface area contributed by atoms with Crippen LogP contribution >= 0.6 is 11.3 Å². The summed E-state index contributed by atoms with van der Waals surface area (Å²) in [6.07, 6.45) is 6.20. The van der Waals surface area contributed by atoms with Gasteiger partial charge in [0.15, 0.2) is 0 Å². The summed E-state index contributed by atoms with van der Waals surface area (Å²) < 4.78 is 0. The lowest BCUT2D eigenvalue weighted by Gasteiger charge is -2.38. The molecule has 1 aliphatic heterocycles. The maximum Gasteiger partial charge on any atom is 0.248 e. The molecule has 2 heterocycles. The summed E-state index contributed by atoms with van der Waals surface area (Å²) in [7, 11) is 3.22. The van der Waals surface area contributed by atoms with Gasteiger partial charge >= 0.3 is 0 Å². The lowest BCUT2D eigenvalue weighted by atomic mass is 9.82. The SMILES string of the molecule is CON(C)C(=O)C1CCC(c2nnc(-c3ccc(N4CCC(C)(C)CC4)cc3)s2)CC1. The van der Waals surface area contributed by atoms with Crippen molar-refractivity contribution in [3.63, 3.8) is 0 Å². The third-order valence-electron chi connectivity index (χ3n) is 7.05. The topological polar surface area (TPSA) is 58.6 Å². The molecule has 0 unspecified atom stereocenters. The molecule has 4 rings (SSSR count). The lowest BCUT2D eigenvalue weighted by molar-refractivity contribution is -0.174. The molecule has 1 saturated heterocycles. The number of hydrogen-bond acceptors (Lipinski definition) is 6. The van der Waals surface area contributed by atoms with Crippen LogP contribution < -0.4 is 4.90 Å². The van der Waals surface area contributed by atoms with E-state index in [4.69, 9.17) is 4.84 Å². The Hall–Kier alpha value is -1.99.